The van der Waals surface area contributed by atoms with Crippen molar-refractivity contribution in [1.29, 1.82) is 0 Å². The normalized spacial score (nSPS) is 16.5. The van der Waals surface area contributed by atoms with Gasteiger partial charge in [0, 0.05) is 19.4 Å². The predicted octanol–water partition coefficient (Wildman–Crippen LogP) is 9.14. The fraction of sp³-hybridized carbons (Fsp3) is 0.935. The number of carboxylic acids is 1. The fourth-order valence-corrected chi connectivity index (χ4v) is 4.73. The summed E-state index contributed by atoms with van der Waals surface area (Å²) in [6.45, 7) is 0.977. The van der Waals surface area contributed by atoms with E-state index in [2.05, 4.69) is 0 Å². The number of hydrogen-bond acceptors (Lipinski definition) is 4. The van der Waals surface area contributed by atoms with Crippen molar-refractivity contribution in [3.63, 3.8) is 0 Å². The number of rotatable bonds is 15. The zero-order chi connectivity index (χ0) is 26.4. The Hall–Kier alpha value is -1.10. The van der Waals surface area contributed by atoms with Crippen LogP contribution in [0.25, 0.3) is 0 Å². The molecule has 0 amide bonds. The summed E-state index contributed by atoms with van der Waals surface area (Å²) in [5.41, 5.74) is 0. The van der Waals surface area contributed by atoms with Gasteiger partial charge in [0.05, 0.1) is 6.61 Å². The number of cyclic esters (lactones) is 1. The summed E-state index contributed by atoms with van der Waals surface area (Å²) in [6.07, 6.45) is 32.0. The first-order chi connectivity index (χ1) is 17.7. The third-order valence-corrected chi connectivity index (χ3v) is 7.09. The van der Waals surface area contributed by atoms with Gasteiger partial charge in [0.15, 0.2) is 0 Å². The van der Waals surface area contributed by atoms with Gasteiger partial charge in [-0.05, 0) is 25.7 Å². The van der Waals surface area contributed by atoms with E-state index in [1.54, 1.807) is 0 Å². The molecule has 1 rings (SSSR count). The zero-order valence-electron chi connectivity index (χ0n) is 23.6. The van der Waals surface area contributed by atoms with Crippen molar-refractivity contribution < 1.29 is 24.5 Å². The highest BCUT2D eigenvalue weighted by Gasteiger charge is 2.03. The summed E-state index contributed by atoms with van der Waals surface area (Å²) in [5, 5.41) is 17.1. The van der Waals surface area contributed by atoms with Crippen LogP contribution < -0.4 is 0 Å². The van der Waals surface area contributed by atoms with Crippen LogP contribution in [0.15, 0.2) is 0 Å². The van der Waals surface area contributed by atoms with E-state index in [-0.39, 0.29) is 5.97 Å². The molecule has 0 atom stereocenters. The van der Waals surface area contributed by atoms with Gasteiger partial charge < -0.3 is 14.9 Å². The Morgan fingerprint density at radius 3 is 1.33 bits per heavy atom. The van der Waals surface area contributed by atoms with Gasteiger partial charge in [0.2, 0.25) is 0 Å². The quantitative estimate of drug-likeness (QED) is 0.169. The van der Waals surface area contributed by atoms with Crippen LogP contribution in [0.2, 0.25) is 0 Å². The molecule has 0 unspecified atom stereocenters. The summed E-state index contributed by atoms with van der Waals surface area (Å²) in [7, 11) is 0. The maximum Gasteiger partial charge on any atom is 0.305 e. The molecule has 5 nitrogen and oxygen atoms in total. The van der Waals surface area contributed by atoms with Crippen LogP contribution in [-0.4, -0.2) is 35.4 Å². The van der Waals surface area contributed by atoms with Crippen molar-refractivity contribution in [3.8, 4) is 0 Å². The summed E-state index contributed by atoms with van der Waals surface area (Å²) in [6, 6.07) is 0. The number of carboxylic acid groups (broad SMARTS) is 1. The maximum atomic E-state index is 11.4. The molecule has 0 spiro atoms. The van der Waals surface area contributed by atoms with E-state index in [9.17, 15) is 9.59 Å². The highest BCUT2D eigenvalue weighted by molar-refractivity contribution is 5.69. The van der Waals surface area contributed by atoms with Crippen molar-refractivity contribution in [2.75, 3.05) is 13.2 Å². The molecule has 1 heterocycles. The molecule has 0 bridgehead atoms. The molecule has 214 valence electrons. The van der Waals surface area contributed by atoms with E-state index in [1.165, 1.54) is 128 Å². The first kappa shape index (κ1) is 34.9. The molecule has 1 aliphatic heterocycles. The highest BCUT2D eigenvalue weighted by Crippen LogP contribution is 2.14. The zero-order valence-corrected chi connectivity index (χ0v) is 23.6. The first-order valence-corrected chi connectivity index (χ1v) is 15.6. The number of unbranched alkanes of at least 4 members (excludes halogenated alkanes) is 12. The molecular weight excluding hydrogens is 452 g/mol. The van der Waals surface area contributed by atoms with E-state index in [0.29, 0.717) is 26.1 Å². The average molecular weight is 513 g/mol. The number of ether oxygens (including phenoxy) is 1. The van der Waals surface area contributed by atoms with Gasteiger partial charge in [-0.2, -0.15) is 0 Å². The molecular formula is C31H60O5. The minimum atomic E-state index is -0.668. The number of esters is 1. The molecule has 5 heteroatoms. The van der Waals surface area contributed by atoms with E-state index >= 15 is 0 Å². The van der Waals surface area contributed by atoms with Gasteiger partial charge >= 0.3 is 11.9 Å². The van der Waals surface area contributed by atoms with Crippen LogP contribution in [-0.2, 0) is 14.3 Å². The lowest BCUT2D eigenvalue weighted by Gasteiger charge is -2.06. The van der Waals surface area contributed by atoms with E-state index in [0.717, 1.165) is 32.1 Å². The Kier molecular flexibility index (Phi) is 29.2. The third kappa shape index (κ3) is 30.9. The van der Waals surface area contributed by atoms with Gasteiger partial charge in [-0.15, -0.1) is 0 Å². The second kappa shape index (κ2) is 30.1. The Morgan fingerprint density at radius 2 is 0.917 bits per heavy atom. The van der Waals surface area contributed by atoms with Crippen molar-refractivity contribution >= 4 is 11.9 Å². The summed E-state index contributed by atoms with van der Waals surface area (Å²) >= 11 is 0. The average Bonchev–Trinajstić information content (AvgIpc) is 2.86. The number of carbonyl (C=O) groups excluding carboxylic acids is 1. The van der Waals surface area contributed by atoms with E-state index in [4.69, 9.17) is 14.9 Å². The summed E-state index contributed by atoms with van der Waals surface area (Å²) in [5.74, 6) is -0.656. The van der Waals surface area contributed by atoms with Gasteiger partial charge in [0.25, 0.3) is 0 Å². The highest BCUT2D eigenvalue weighted by atomic mass is 16.5. The Labute approximate surface area is 223 Å². The largest absolute Gasteiger partial charge is 0.481 e. The third-order valence-electron chi connectivity index (χ3n) is 7.09. The minimum Gasteiger partial charge on any atom is -0.481 e. The molecule has 2 N–H and O–H groups in total. The van der Waals surface area contributed by atoms with Gasteiger partial charge in [-0.3, -0.25) is 9.59 Å². The van der Waals surface area contributed by atoms with Crippen LogP contribution >= 0.6 is 0 Å². The number of aliphatic hydroxyl groups excluding tert-OH is 1. The van der Waals surface area contributed by atoms with Crippen molar-refractivity contribution in [2.45, 2.75) is 173 Å². The van der Waals surface area contributed by atoms with Gasteiger partial charge in [-0.1, -0.05) is 135 Å². The lowest BCUT2D eigenvalue weighted by molar-refractivity contribution is -0.144. The monoisotopic (exact) mass is 512 g/mol. The number of carbonyl (C=O) groups is 2. The molecule has 0 saturated carbocycles. The molecule has 1 aliphatic rings. The SMILES string of the molecule is O=C(O)CCCCCCCCCCCCCCCO.O=C1CCCCCCCCCCCCCCO1. The van der Waals surface area contributed by atoms with E-state index in [1.807, 2.05) is 0 Å². The Balaban J connectivity index is 0.000000684. The first-order valence-electron chi connectivity index (χ1n) is 15.6. The van der Waals surface area contributed by atoms with Crippen LogP contribution in [0.3, 0.4) is 0 Å². The minimum absolute atomic E-state index is 0.0112. The summed E-state index contributed by atoms with van der Waals surface area (Å²) in [4.78, 5) is 21.7. The Morgan fingerprint density at radius 1 is 0.556 bits per heavy atom. The van der Waals surface area contributed by atoms with Crippen LogP contribution in [0.1, 0.15) is 173 Å². The molecule has 0 aromatic heterocycles. The fourth-order valence-electron chi connectivity index (χ4n) is 4.73. The van der Waals surface area contributed by atoms with Crippen molar-refractivity contribution in [2.24, 2.45) is 0 Å². The molecule has 0 aliphatic carbocycles. The van der Waals surface area contributed by atoms with Gasteiger partial charge in [-0.25, -0.2) is 0 Å². The number of hydrogen-bond donors (Lipinski definition) is 2. The second-order valence-corrected chi connectivity index (χ2v) is 10.7. The molecule has 1 saturated heterocycles. The Bertz CT molecular complexity index is 448. The molecule has 0 aromatic rings. The standard InChI is InChI=1S/C16H32O3.C15H28O2/c17-15-13-11-9-7-5-3-1-2-4-6-8-10-12-14-16(18)19;16-15-13-11-9-7-5-3-1-2-4-6-8-10-12-14-17-15/h17H,1-15H2,(H,18,19);1-14H2. The van der Waals surface area contributed by atoms with Crippen LogP contribution in [0, 0.1) is 0 Å². The predicted molar refractivity (Wildman–Crippen MR) is 150 cm³/mol. The molecule has 0 radical (unpaired) electrons. The number of aliphatic carboxylic acids is 1. The maximum absolute atomic E-state index is 11.4. The topological polar surface area (TPSA) is 83.8 Å². The van der Waals surface area contributed by atoms with Crippen molar-refractivity contribution in [1.82, 2.24) is 0 Å². The molecule has 36 heavy (non-hydrogen) atoms. The van der Waals surface area contributed by atoms with Crippen LogP contribution in [0.4, 0.5) is 0 Å². The second-order valence-electron chi connectivity index (χ2n) is 10.7. The smallest absolute Gasteiger partial charge is 0.305 e. The summed E-state index contributed by atoms with van der Waals surface area (Å²) < 4.78 is 5.20. The molecule has 0 aromatic carbocycles. The van der Waals surface area contributed by atoms with Crippen LogP contribution in [0.5, 0.6) is 0 Å². The van der Waals surface area contributed by atoms with Gasteiger partial charge in [0.1, 0.15) is 0 Å². The van der Waals surface area contributed by atoms with Crippen molar-refractivity contribution in [3.05, 3.63) is 0 Å². The van der Waals surface area contributed by atoms with E-state index < -0.39 is 5.97 Å². The molecule has 1 fully saturated rings. The lowest BCUT2D eigenvalue weighted by atomic mass is 10.0. The lowest BCUT2D eigenvalue weighted by Crippen LogP contribution is -2.05. The number of aliphatic hydroxyl groups is 1.